The second-order valence-corrected chi connectivity index (χ2v) is 4.30. The molecule has 2 aliphatic rings. The van der Waals surface area contributed by atoms with Gasteiger partial charge >= 0.3 is 0 Å². The number of hydrogen-bond donors (Lipinski definition) is 1. The number of nitrogens with zero attached hydrogens (tertiary/aromatic N) is 1. The van der Waals surface area contributed by atoms with E-state index < -0.39 is 0 Å². The number of rotatable bonds is 3. The van der Waals surface area contributed by atoms with E-state index in [2.05, 4.69) is 36.1 Å². The average molecular weight is 193 g/mol. The van der Waals surface area contributed by atoms with Crippen LogP contribution in [-0.2, 0) is 0 Å². The van der Waals surface area contributed by atoms with Crippen LogP contribution < -0.4 is 0 Å². The third-order valence-corrected chi connectivity index (χ3v) is 3.47. The van der Waals surface area contributed by atoms with Gasteiger partial charge in [0, 0.05) is 19.1 Å². The van der Waals surface area contributed by atoms with Crippen LogP contribution in [0.4, 0.5) is 0 Å². The fourth-order valence-electron chi connectivity index (χ4n) is 2.51. The molecular weight excluding hydrogens is 174 g/mol. The van der Waals surface area contributed by atoms with Gasteiger partial charge in [-0.1, -0.05) is 31.2 Å². The summed E-state index contributed by atoms with van der Waals surface area (Å²) in [6, 6.07) is 0.363. The van der Waals surface area contributed by atoms with Crippen LogP contribution in [0.2, 0.25) is 0 Å². The Hall–Kier alpha value is -0.600. The van der Waals surface area contributed by atoms with E-state index in [0.717, 1.165) is 19.5 Å². The number of hydrogen-bond acceptors (Lipinski definition) is 2. The summed E-state index contributed by atoms with van der Waals surface area (Å²) in [5.74, 6) is 1.36. The molecule has 0 amide bonds. The van der Waals surface area contributed by atoms with Crippen LogP contribution >= 0.6 is 0 Å². The minimum Gasteiger partial charge on any atom is -0.395 e. The van der Waals surface area contributed by atoms with Gasteiger partial charge in [0.05, 0.1) is 6.61 Å². The van der Waals surface area contributed by atoms with Crippen LogP contribution in [-0.4, -0.2) is 35.7 Å². The molecule has 3 atom stereocenters. The Morgan fingerprint density at radius 2 is 1.86 bits per heavy atom. The maximum absolute atomic E-state index is 9.24. The summed E-state index contributed by atoms with van der Waals surface area (Å²) in [4.78, 5) is 2.43. The fourth-order valence-corrected chi connectivity index (χ4v) is 2.51. The molecule has 0 saturated carbocycles. The summed E-state index contributed by atoms with van der Waals surface area (Å²) in [5, 5.41) is 9.24. The molecule has 78 valence electrons. The Balaban J connectivity index is 1.99. The lowest BCUT2D eigenvalue weighted by molar-refractivity contribution is 0.139. The lowest BCUT2D eigenvalue weighted by Gasteiger charge is -2.24. The van der Waals surface area contributed by atoms with Crippen LogP contribution in [0.3, 0.4) is 0 Å². The molecule has 2 nitrogen and oxygen atoms in total. The molecule has 2 unspecified atom stereocenters. The van der Waals surface area contributed by atoms with E-state index in [-0.39, 0.29) is 0 Å². The second-order valence-electron chi connectivity index (χ2n) is 4.30. The zero-order chi connectivity index (χ0) is 9.97. The largest absolute Gasteiger partial charge is 0.395 e. The summed E-state index contributed by atoms with van der Waals surface area (Å²) < 4.78 is 0. The molecule has 1 fully saturated rings. The predicted octanol–water partition coefficient (Wildman–Crippen LogP) is 1.43. The molecule has 14 heavy (non-hydrogen) atoms. The van der Waals surface area contributed by atoms with Crippen molar-refractivity contribution >= 4 is 0 Å². The first kappa shape index (κ1) is 9.94. The molecule has 0 bridgehead atoms. The van der Waals surface area contributed by atoms with Crippen molar-refractivity contribution in [2.24, 2.45) is 11.8 Å². The van der Waals surface area contributed by atoms with E-state index in [1.54, 1.807) is 0 Å². The van der Waals surface area contributed by atoms with Gasteiger partial charge in [-0.3, -0.25) is 4.90 Å². The zero-order valence-corrected chi connectivity index (χ0v) is 8.76. The fraction of sp³-hybridized carbons (Fsp3) is 0.667. The lowest BCUT2D eigenvalue weighted by atomic mass is 9.92. The van der Waals surface area contributed by atoms with Crippen molar-refractivity contribution in [3.05, 3.63) is 24.3 Å². The highest BCUT2D eigenvalue weighted by Crippen LogP contribution is 2.29. The van der Waals surface area contributed by atoms with Crippen molar-refractivity contribution in [2.75, 3.05) is 19.7 Å². The molecule has 2 heteroatoms. The Morgan fingerprint density at radius 3 is 2.29 bits per heavy atom. The summed E-state index contributed by atoms with van der Waals surface area (Å²) in [6.07, 6.45) is 9.93. The highest BCUT2D eigenvalue weighted by atomic mass is 16.3. The molecular formula is C12H19NO. The van der Waals surface area contributed by atoms with Gasteiger partial charge in [0.2, 0.25) is 0 Å². The summed E-state index contributed by atoms with van der Waals surface area (Å²) >= 11 is 0. The van der Waals surface area contributed by atoms with Gasteiger partial charge in [-0.25, -0.2) is 0 Å². The van der Waals surface area contributed by atoms with E-state index in [4.69, 9.17) is 0 Å². The summed E-state index contributed by atoms with van der Waals surface area (Å²) in [7, 11) is 0. The third kappa shape index (κ3) is 1.77. The molecule has 1 heterocycles. The number of aliphatic hydroxyl groups is 1. The van der Waals surface area contributed by atoms with Gasteiger partial charge in [-0.15, -0.1) is 0 Å². The summed E-state index contributed by atoms with van der Waals surface area (Å²) in [5.41, 5.74) is 0. The van der Waals surface area contributed by atoms with Gasteiger partial charge in [-0.05, 0) is 18.3 Å². The van der Waals surface area contributed by atoms with E-state index >= 15 is 0 Å². The molecule has 0 aromatic rings. The van der Waals surface area contributed by atoms with E-state index in [1.165, 1.54) is 0 Å². The van der Waals surface area contributed by atoms with Crippen molar-refractivity contribution in [3.63, 3.8) is 0 Å². The molecule has 2 rings (SSSR count). The van der Waals surface area contributed by atoms with Crippen molar-refractivity contribution in [2.45, 2.75) is 19.4 Å². The van der Waals surface area contributed by atoms with Crippen molar-refractivity contribution in [1.29, 1.82) is 0 Å². The van der Waals surface area contributed by atoms with Gasteiger partial charge in [0.15, 0.2) is 0 Å². The monoisotopic (exact) mass is 193 g/mol. The maximum Gasteiger partial charge on any atom is 0.0586 e. The minimum atomic E-state index is 0.295. The van der Waals surface area contributed by atoms with Crippen molar-refractivity contribution < 1.29 is 5.11 Å². The molecule has 1 aliphatic heterocycles. The number of aliphatic hydroxyl groups excluding tert-OH is 1. The Labute approximate surface area is 85.9 Å². The smallest absolute Gasteiger partial charge is 0.0586 e. The van der Waals surface area contributed by atoms with Crippen LogP contribution in [0.1, 0.15) is 13.3 Å². The molecule has 1 aliphatic carbocycles. The first-order valence-electron chi connectivity index (χ1n) is 5.55. The van der Waals surface area contributed by atoms with Crippen molar-refractivity contribution in [3.8, 4) is 0 Å². The number of likely N-dealkylation sites (tertiary alicyclic amines) is 1. The number of fused-ring (bicyclic) bond motifs is 1. The molecule has 0 aromatic heterocycles. The highest BCUT2D eigenvalue weighted by molar-refractivity contribution is 5.17. The van der Waals surface area contributed by atoms with E-state index in [1.807, 2.05) is 0 Å². The van der Waals surface area contributed by atoms with Gasteiger partial charge in [0.25, 0.3) is 0 Å². The van der Waals surface area contributed by atoms with Crippen LogP contribution in [0, 0.1) is 11.8 Å². The SMILES string of the molecule is CC[C@H](CO)N1CC2C=CC=CC2C1. The molecule has 1 saturated heterocycles. The van der Waals surface area contributed by atoms with Gasteiger partial charge in [0.1, 0.15) is 0 Å². The third-order valence-electron chi connectivity index (χ3n) is 3.47. The quantitative estimate of drug-likeness (QED) is 0.733. The molecule has 0 radical (unpaired) electrons. The standard InChI is InChI=1S/C12H19NO/c1-2-12(9-14)13-7-10-5-3-4-6-11(10)8-13/h3-6,10-12,14H,2,7-9H2,1H3/t10?,11?,12-/m1/s1. The number of allylic oxidation sites excluding steroid dienone is 2. The van der Waals surface area contributed by atoms with Crippen LogP contribution in [0.15, 0.2) is 24.3 Å². The molecule has 0 aromatic carbocycles. The highest BCUT2D eigenvalue weighted by Gasteiger charge is 2.33. The Morgan fingerprint density at radius 1 is 1.29 bits per heavy atom. The first-order chi connectivity index (χ1) is 6.85. The normalized spacial score (nSPS) is 33.3. The topological polar surface area (TPSA) is 23.5 Å². The Bertz CT molecular complexity index is 223. The first-order valence-corrected chi connectivity index (χ1v) is 5.55. The lowest BCUT2D eigenvalue weighted by Crippen LogP contribution is -2.35. The minimum absolute atomic E-state index is 0.295. The molecule has 0 spiro atoms. The van der Waals surface area contributed by atoms with Gasteiger partial charge < -0.3 is 5.11 Å². The molecule has 1 N–H and O–H groups in total. The van der Waals surface area contributed by atoms with E-state index in [0.29, 0.717) is 24.5 Å². The van der Waals surface area contributed by atoms with Crippen molar-refractivity contribution in [1.82, 2.24) is 4.90 Å². The second kappa shape index (κ2) is 4.28. The van der Waals surface area contributed by atoms with Gasteiger partial charge in [-0.2, -0.15) is 0 Å². The average Bonchev–Trinajstić information content (AvgIpc) is 2.63. The zero-order valence-electron chi connectivity index (χ0n) is 8.76. The summed E-state index contributed by atoms with van der Waals surface area (Å²) in [6.45, 7) is 4.67. The van der Waals surface area contributed by atoms with E-state index in [9.17, 15) is 5.11 Å². The van der Waals surface area contributed by atoms with Crippen LogP contribution in [0.5, 0.6) is 0 Å². The Kier molecular flexibility index (Phi) is 3.04. The van der Waals surface area contributed by atoms with Crippen LogP contribution in [0.25, 0.3) is 0 Å². The maximum atomic E-state index is 9.24. The predicted molar refractivity (Wildman–Crippen MR) is 58.0 cm³/mol.